The van der Waals surface area contributed by atoms with Crippen LogP contribution < -0.4 is 4.74 Å². The summed E-state index contributed by atoms with van der Waals surface area (Å²) in [5.41, 5.74) is 1.62. The van der Waals surface area contributed by atoms with Crippen LogP contribution in [0.3, 0.4) is 0 Å². The molecule has 4 heteroatoms. The number of aryl methyl sites for hydroxylation is 1. The molecule has 0 aliphatic carbocycles. The van der Waals surface area contributed by atoms with E-state index in [4.69, 9.17) is 4.74 Å². The first-order chi connectivity index (χ1) is 9.49. The Morgan fingerprint density at radius 2 is 1.75 bits per heavy atom. The van der Waals surface area contributed by atoms with Crippen LogP contribution in [-0.4, -0.2) is 12.9 Å². The lowest BCUT2D eigenvalue weighted by Crippen LogP contribution is -2.06. The Morgan fingerprint density at radius 1 is 1.10 bits per heavy atom. The minimum absolute atomic E-state index is 0.0398. The largest absolute Gasteiger partial charge is 0.497 e. The van der Waals surface area contributed by atoms with Crippen LogP contribution in [0.25, 0.3) is 0 Å². The highest BCUT2D eigenvalue weighted by atomic mass is 19.1. The molecular formula is C16H14F2O2. The van der Waals surface area contributed by atoms with Crippen molar-refractivity contribution in [2.45, 2.75) is 13.3 Å². The highest BCUT2D eigenvalue weighted by Gasteiger charge is 2.12. The minimum Gasteiger partial charge on any atom is -0.497 e. The van der Waals surface area contributed by atoms with Crippen LogP contribution in [0.1, 0.15) is 21.5 Å². The number of ether oxygens (including phenoxy) is 1. The Morgan fingerprint density at radius 3 is 2.30 bits per heavy atom. The standard InChI is InChI=1S/C16H14F2O2/c1-10-5-14(20-2)3-4-15(10)16(19)8-11-6-12(17)9-13(18)7-11/h3-7,9H,8H2,1-2H3. The van der Waals surface area contributed by atoms with Crippen molar-refractivity contribution in [3.8, 4) is 5.75 Å². The Bertz CT molecular complexity index is 631. The van der Waals surface area contributed by atoms with Crippen LogP contribution in [0.4, 0.5) is 8.78 Å². The molecule has 2 rings (SSSR count). The highest BCUT2D eigenvalue weighted by Crippen LogP contribution is 2.19. The zero-order valence-electron chi connectivity index (χ0n) is 11.2. The van der Waals surface area contributed by atoms with Gasteiger partial charge in [0, 0.05) is 18.1 Å². The summed E-state index contributed by atoms with van der Waals surface area (Å²) in [5.74, 6) is -0.885. The number of halogens is 2. The van der Waals surface area contributed by atoms with E-state index < -0.39 is 11.6 Å². The average molecular weight is 276 g/mol. The number of ketones is 1. The van der Waals surface area contributed by atoms with Gasteiger partial charge in [-0.1, -0.05) is 0 Å². The van der Waals surface area contributed by atoms with Crippen LogP contribution >= 0.6 is 0 Å². The van der Waals surface area contributed by atoms with Gasteiger partial charge in [0.2, 0.25) is 0 Å². The molecular weight excluding hydrogens is 262 g/mol. The fourth-order valence-corrected chi connectivity index (χ4v) is 2.07. The normalized spacial score (nSPS) is 10.4. The van der Waals surface area contributed by atoms with E-state index in [0.717, 1.165) is 11.6 Å². The summed E-state index contributed by atoms with van der Waals surface area (Å²) in [6, 6.07) is 8.21. The fourth-order valence-electron chi connectivity index (χ4n) is 2.07. The third-order valence-corrected chi connectivity index (χ3v) is 3.02. The monoisotopic (exact) mass is 276 g/mol. The summed E-state index contributed by atoms with van der Waals surface area (Å²) in [4.78, 5) is 12.2. The molecule has 0 saturated carbocycles. The lowest BCUT2D eigenvalue weighted by molar-refractivity contribution is 0.0992. The van der Waals surface area contributed by atoms with Crippen LogP contribution in [0, 0.1) is 18.6 Å². The van der Waals surface area contributed by atoms with E-state index in [1.54, 1.807) is 32.2 Å². The lowest BCUT2D eigenvalue weighted by Gasteiger charge is -2.07. The van der Waals surface area contributed by atoms with Gasteiger partial charge in [-0.25, -0.2) is 8.78 Å². The molecule has 2 aromatic rings. The molecule has 0 spiro atoms. The predicted octanol–water partition coefficient (Wildman–Crippen LogP) is 3.71. The van der Waals surface area contributed by atoms with Crippen molar-refractivity contribution in [1.82, 2.24) is 0 Å². The van der Waals surface area contributed by atoms with Crippen molar-refractivity contribution in [3.05, 3.63) is 64.7 Å². The smallest absolute Gasteiger partial charge is 0.167 e. The first-order valence-corrected chi connectivity index (χ1v) is 6.12. The fraction of sp³-hybridized carbons (Fsp3) is 0.188. The molecule has 0 saturated heterocycles. The number of carbonyl (C=O) groups excluding carboxylic acids is 1. The van der Waals surface area contributed by atoms with Crippen LogP contribution in [0.2, 0.25) is 0 Å². The Kier molecular flexibility index (Phi) is 4.13. The summed E-state index contributed by atoms with van der Waals surface area (Å²) in [7, 11) is 1.55. The van der Waals surface area contributed by atoms with Crippen molar-refractivity contribution in [2.24, 2.45) is 0 Å². The highest BCUT2D eigenvalue weighted by molar-refractivity contribution is 5.98. The Labute approximate surface area is 116 Å². The predicted molar refractivity (Wildman–Crippen MR) is 72.1 cm³/mol. The van der Waals surface area contributed by atoms with Crippen molar-refractivity contribution >= 4 is 5.78 Å². The zero-order valence-corrected chi connectivity index (χ0v) is 11.2. The van der Waals surface area contributed by atoms with Crippen LogP contribution in [0.5, 0.6) is 5.75 Å². The van der Waals surface area contributed by atoms with E-state index in [2.05, 4.69) is 0 Å². The minimum atomic E-state index is -0.681. The number of benzene rings is 2. The Balaban J connectivity index is 2.23. The van der Waals surface area contributed by atoms with Crippen molar-refractivity contribution in [1.29, 1.82) is 0 Å². The van der Waals surface area contributed by atoms with E-state index in [-0.39, 0.29) is 12.2 Å². The van der Waals surface area contributed by atoms with Gasteiger partial charge < -0.3 is 4.74 Å². The van der Waals surface area contributed by atoms with Crippen LogP contribution in [0.15, 0.2) is 36.4 Å². The molecule has 0 unspecified atom stereocenters. The van der Waals surface area contributed by atoms with Gasteiger partial charge in [-0.2, -0.15) is 0 Å². The molecule has 0 N–H and O–H groups in total. The first kappa shape index (κ1) is 14.2. The molecule has 0 aliphatic rings. The van der Waals surface area contributed by atoms with E-state index in [9.17, 15) is 13.6 Å². The summed E-state index contributed by atoms with van der Waals surface area (Å²) < 4.78 is 31.3. The quantitative estimate of drug-likeness (QED) is 0.796. The second kappa shape index (κ2) is 5.82. The van der Waals surface area contributed by atoms with E-state index in [0.29, 0.717) is 16.9 Å². The maximum Gasteiger partial charge on any atom is 0.167 e. The number of carbonyl (C=O) groups is 1. The second-order valence-corrected chi connectivity index (χ2v) is 4.56. The first-order valence-electron chi connectivity index (χ1n) is 6.12. The van der Waals surface area contributed by atoms with Gasteiger partial charge in [-0.3, -0.25) is 4.79 Å². The van der Waals surface area contributed by atoms with Crippen LogP contribution in [-0.2, 0) is 6.42 Å². The maximum absolute atomic E-state index is 13.1. The average Bonchev–Trinajstić information content (AvgIpc) is 2.36. The van der Waals surface area contributed by atoms with Gasteiger partial charge in [-0.05, 0) is 48.4 Å². The van der Waals surface area contributed by atoms with Gasteiger partial charge in [0.05, 0.1) is 7.11 Å². The molecule has 0 radical (unpaired) electrons. The zero-order chi connectivity index (χ0) is 14.7. The second-order valence-electron chi connectivity index (χ2n) is 4.56. The van der Waals surface area contributed by atoms with Gasteiger partial charge in [0.1, 0.15) is 17.4 Å². The SMILES string of the molecule is COc1ccc(C(=O)Cc2cc(F)cc(F)c2)c(C)c1. The van der Waals surface area contributed by atoms with E-state index >= 15 is 0 Å². The lowest BCUT2D eigenvalue weighted by atomic mass is 9.99. The van der Waals surface area contributed by atoms with E-state index in [1.165, 1.54) is 12.1 Å². The number of Topliss-reactive ketones (excluding diaryl/α,β-unsaturated/α-hetero) is 1. The third kappa shape index (κ3) is 3.20. The number of methoxy groups -OCH3 is 1. The van der Waals surface area contributed by atoms with Gasteiger partial charge in [-0.15, -0.1) is 0 Å². The molecule has 20 heavy (non-hydrogen) atoms. The molecule has 0 fully saturated rings. The van der Waals surface area contributed by atoms with Gasteiger partial charge in [0.15, 0.2) is 5.78 Å². The number of hydrogen-bond donors (Lipinski definition) is 0. The van der Waals surface area contributed by atoms with Crippen molar-refractivity contribution < 1.29 is 18.3 Å². The number of hydrogen-bond acceptors (Lipinski definition) is 2. The topological polar surface area (TPSA) is 26.3 Å². The molecule has 2 nitrogen and oxygen atoms in total. The molecule has 2 aromatic carbocycles. The van der Waals surface area contributed by atoms with Crippen molar-refractivity contribution in [3.63, 3.8) is 0 Å². The summed E-state index contributed by atoms with van der Waals surface area (Å²) in [6.07, 6.45) is -0.0398. The summed E-state index contributed by atoms with van der Waals surface area (Å²) >= 11 is 0. The maximum atomic E-state index is 13.1. The number of rotatable bonds is 4. The summed E-state index contributed by atoms with van der Waals surface area (Å²) in [6.45, 7) is 1.79. The Hall–Kier alpha value is -2.23. The molecule has 0 aromatic heterocycles. The van der Waals surface area contributed by atoms with E-state index in [1.807, 2.05) is 0 Å². The molecule has 0 bridgehead atoms. The molecule has 0 aliphatic heterocycles. The molecule has 104 valence electrons. The summed E-state index contributed by atoms with van der Waals surface area (Å²) in [5, 5.41) is 0. The van der Waals surface area contributed by atoms with Crippen molar-refractivity contribution in [2.75, 3.05) is 7.11 Å². The third-order valence-electron chi connectivity index (χ3n) is 3.02. The molecule has 0 amide bonds. The molecule has 0 atom stereocenters. The van der Waals surface area contributed by atoms with Gasteiger partial charge in [0.25, 0.3) is 0 Å². The molecule has 0 heterocycles. The van der Waals surface area contributed by atoms with Gasteiger partial charge >= 0.3 is 0 Å².